The van der Waals surface area contributed by atoms with Crippen LogP contribution in [0.3, 0.4) is 0 Å². The summed E-state index contributed by atoms with van der Waals surface area (Å²) in [6.07, 6.45) is -0.375. The van der Waals surface area contributed by atoms with Crippen LogP contribution in [0.15, 0.2) is 66.7 Å². The van der Waals surface area contributed by atoms with Gasteiger partial charge in [0.1, 0.15) is 0 Å². The first kappa shape index (κ1) is 19.6. The maximum atomic E-state index is 13.4. The Morgan fingerprint density at radius 1 is 1.03 bits per heavy atom. The molecule has 3 aromatic rings. The number of ketones is 1. The van der Waals surface area contributed by atoms with Crippen LogP contribution < -0.4 is 14.4 Å². The molecule has 2 aliphatic heterocycles. The second kappa shape index (κ2) is 7.41. The van der Waals surface area contributed by atoms with Crippen LogP contribution >= 0.6 is 11.6 Å². The molecule has 5 rings (SSSR count). The largest absolute Gasteiger partial charge is 0.454 e. The molecule has 31 heavy (non-hydrogen) atoms. The average Bonchev–Trinajstić information content (AvgIpc) is 3.32. The summed E-state index contributed by atoms with van der Waals surface area (Å²) in [4.78, 5) is 27.9. The zero-order valence-electron chi connectivity index (χ0n) is 16.4. The van der Waals surface area contributed by atoms with Crippen LogP contribution in [0, 0.1) is 0 Å². The second-order valence-corrected chi connectivity index (χ2v) is 8.00. The van der Waals surface area contributed by atoms with Crippen molar-refractivity contribution in [1.29, 1.82) is 0 Å². The number of rotatable bonds is 5. The maximum Gasteiger partial charge on any atom is 0.264 e. The van der Waals surface area contributed by atoms with Crippen molar-refractivity contribution in [3.8, 4) is 11.5 Å². The van der Waals surface area contributed by atoms with E-state index in [1.54, 1.807) is 54.6 Å². The first-order chi connectivity index (χ1) is 15.0. The first-order valence-corrected chi connectivity index (χ1v) is 10.1. The van der Waals surface area contributed by atoms with Gasteiger partial charge in [0.15, 0.2) is 22.9 Å². The minimum atomic E-state index is -1.95. The molecule has 6 nitrogen and oxygen atoms in total. The summed E-state index contributed by atoms with van der Waals surface area (Å²) in [6.45, 7) is 0.357. The Hall–Kier alpha value is -3.35. The number of anilines is 1. The average molecular weight is 436 g/mol. The van der Waals surface area contributed by atoms with Crippen molar-refractivity contribution >= 4 is 29.0 Å². The van der Waals surface area contributed by atoms with Gasteiger partial charge in [0, 0.05) is 16.1 Å². The van der Waals surface area contributed by atoms with Gasteiger partial charge in [0.2, 0.25) is 6.79 Å². The predicted octanol–water partition coefficient (Wildman–Crippen LogP) is 4.08. The van der Waals surface area contributed by atoms with Crippen LogP contribution in [-0.2, 0) is 16.9 Å². The van der Waals surface area contributed by atoms with Gasteiger partial charge in [-0.15, -0.1) is 0 Å². The van der Waals surface area contributed by atoms with Gasteiger partial charge in [-0.2, -0.15) is 0 Å². The SMILES string of the molecule is O=C(C[C@@]1(O)C(=O)N(Cc2ccc(Cl)cc2)c2ccccc21)c1ccc2c(c1)OCO2. The molecule has 1 atom stereocenters. The molecule has 0 bridgehead atoms. The molecule has 0 saturated heterocycles. The molecule has 156 valence electrons. The summed E-state index contributed by atoms with van der Waals surface area (Å²) < 4.78 is 10.6. The predicted molar refractivity (Wildman–Crippen MR) is 114 cm³/mol. The number of fused-ring (bicyclic) bond motifs is 2. The van der Waals surface area contributed by atoms with Gasteiger partial charge in [-0.05, 0) is 42.0 Å². The van der Waals surface area contributed by atoms with E-state index in [9.17, 15) is 14.7 Å². The van der Waals surface area contributed by atoms with Crippen molar-refractivity contribution in [3.63, 3.8) is 0 Å². The van der Waals surface area contributed by atoms with E-state index in [0.29, 0.717) is 33.3 Å². The fraction of sp³-hybridized carbons (Fsp3) is 0.167. The smallest absolute Gasteiger partial charge is 0.264 e. The van der Waals surface area contributed by atoms with Crippen molar-refractivity contribution in [3.05, 3.63) is 88.4 Å². The minimum Gasteiger partial charge on any atom is -0.454 e. The molecule has 0 aromatic heterocycles. The fourth-order valence-corrected chi connectivity index (χ4v) is 4.14. The van der Waals surface area contributed by atoms with E-state index in [2.05, 4.69) is 0 Å². The first-order valence-electron chi connectivity index (χ1n) is 9.77. The summed E-state index contributed by atoms with van der Waals surface area (Å²) in [5, 5.41) is 12.0. The van der Waals surface area contributed by atoms with Crippen LogP contribution in [-0.4, -0.2) is 23.6 Å². The van der Waals surface area contributed by atoms with Gasteiger partial charge in [-0.1, -0.05) is 41.9 Å². The molecule has 1 amide bonds. The Balaban J connectivity index is 1.45. The van der Waals surface area contributed by atoms with E-state index in [4.69, 9.17) is 21.1 Å². The summed E-state index contributed by atoms with van der Waals surface area (Å²) in [5.41, 5.74) is 0.265. The molecule has 0 aliphatic carbocycles. The van der Waals surface area contributed by atoms with Crippen LogP contribution in [0.1, 0.15) is 27.9 Å². The second-order valence-electron chi connectivity index (χ2n) is 7.56. The molecule has 2 heterocycles. The Morgan fingerprint density at radius 3 is 2.58 bits per heavy atom. The van der Waals surface area contributed by atoms with Gasteiger partial charge in [0.05, 0.1) is 18.7 Å². The molecule has 0 fully saturated rings. The van der Waals surface area contributed by atoms with E-state index < -0.39 is 11.5 Å². The summed E-state index contributed by atoms with van der Waals surface area (Å²) >= 11 is 5.96. The number of para-hydroxylation sites is 1. The minimum absolute atomic E-state index is 0.0996. The van der Waals surface area contributed by atoms with E-state index >= 15 is 0 Å². The van der Waals surface area contributed by atoms with Gasteiger partial charge < -0.3 is 19.5 Å². The van der Waals surface area contributed by atoms with Crippen LogP contribution in [0.25, 0.3) is 0 Å². The van der Waals surface area contributed by atoms with Gasteiger partial charge in [-0.25, -0.2) is 0 Å². The lowest BCUT2D eigenvalue weighted by molar-refractivity contribution is -0.136. The van der Waals surface area contributed by atoms with E-state index in [1.807, 2.05) is 12.1 Å². The zero-order valence-corrected chi connectivity index (χ0v) is 17.1. The third kappa shape index (κ3) is 3.34. The maximum absolute atomic E-state index is 13.4. The standard InChI is InChI=1S/C24H18ClNO5/c25-17-8-5-15(6-9-17)13-26-19-4-2-1-3-18(19)24(29,23(26)28)12-20(27)16-7-10-21-22(11-16)31-14-30-21/h1-11,29H,12-14H2/t24-/m0/s1. The molecule has 2 aliphatic rings. The fourth-order valence-electron chi connectivity index (χ4n) is 4.01. The van der Waals surface area contributed by atoms with Crippen LogP contribution in [0.4, 0.5) is 5.69 Å². The van der Waals surface area contributed by atoms with Crippen LogP contribution in [0.2, 0.25) is 5.02 Å². The van der Waals surface area contributed by atoms with E-state index in [1.165, 1.54) is 4.90 Å². The van der Waals surface area contributed by atoms with Gasteiger partial charge >= 0.3 is 0 Å². The molecule has 1 N–H and O–H groups in total. The molecular formula is C24H18ClNO5. The number of hydrogen-bond donors (Lipinski definition) is 1. The van der Waals surface area contributed by atoms with E-state index in [0.717, 1.165) is 5.56 Å². The Kier molecular flexibility index (Phi) is 4.68. The summed E-state index contributed by atoms with van der Waals surface area (Å²) in [6, 6.07) is 19.0. The Bertz CT molecular complexity index is 1190. The van der Waals surface area contributed by atoms with Crippen molar-refractivity contribution in [1.82, 2.24) is 0 Å². The number of hydrogen-bond acceptors (Lipinski definition) is 5. The molecule has 0 saturated carbocycles. The van der Waals surface area contributed by atoms with Crippen molar-refractivity contribution < 1.29 is 24.2 Å². The number of nitrogens with zero attached hydrogens (tertiary/aromatic N) is 1. The Labute approximate surface area is 183 Å². The highest BCUT2D eigenvalue weighted by Gasteiger charge is 2.50. The van der Waals surface area contributed by atoms with E-state index in [-0.39, 0.29) is 25.5 Å². The number of benzene rings is 3. The normalized spacial score (nSPS) is 18.9. The highest BCUT2D eigenvalue weighted by Crippen LogP contribution is 2.44. The Morgan fingerprint density at radius 2 is 1.77 bits per heavy atom. The molecule has 7 heteroatoms. The van der Waals surface area contributed by atoms with Crippen molar-refractivity contribution in [2.24, 2.45) is 0 Å². The van der Waals surface area contributed by atoms with Gasteiger partial charge in [-0.3, -0.25) is 9.59 Å². The number of carbonyl (C=O) groups excluding carboxylic acids is 2. The lowest BCUT2D eigenvalue weighted by Crippen LogP contribution is -2.41. The lowest BCUT2D eigenvalue weighted by atomic mass is 9.88. The van der Waals surface area contributed by atoms with Gasteiger partial charge in [0.25, 0.3) is 5.91 Å². The number of carbonyl (C=O) groups is 2. The van der Waals surface area contributed by atoms with Crippen molar-refractivity contribution in [2.75, 3.05) is 11.7 Å². The molecule has 3 aromatic carbocycles. The van der Waals surface area contributed by atoms with Crippen LogP contribution in [0.5, 0.6) is 11.5 Å². The monoisotopic (exact) mass is 435 g/mol. The highest BCUT2D eigenvalue weighted by atomic mass is 35.5. The molecular weight excluding hydrogens is 418 g/mol. The molecule has 0 radical (unpaired) electrons. The quantitative estimate of drug-likeness (QED) is 0.611. The number of halogens is 1. The zero-order chi connectivity index (χ0) is 21.6. The summed E-state index contributed by atoms with van der Waals surface area (Å²) in [5.74, 6) is 0.141. The van der Waals surface area contributed by atoms with Crippen molar-refractivity contribution in [2.45, 2.75) is 18.6 Å². The number of aliphatic hydroxyl groups is 1. The third-order valence-corrected chi connectivity index (χ3v) is 5.86. The number of amides is 1. The highest BCUT2D eigenvalue weighted by molar-refractivity contribution is 6.30. The molecule has 0 unspecified atom stereocenters. The topological polar surface area (TPSA) is 76.1 Å². The lowest BCUT2D eigenvalue weighted by Gasteiger charge is -2.23. The molecule has 0 spiro atoms. The number of ether oxygens (including phenoxy) is 2. The third-order valence-electron chi connectivity index (χ3n) is 5.60. The summed E-state index contributed by atoms with van der Waals surface area (Å²) in [7, 11) is 0. The number of Topliss-reactive ketones (excluding diaryl/α,β-unsaturated/α-hetero) is 1.